The minimum absolute atomic E-state index is 0.00574. The number of esters is 1. The third-order valence-corrected chi connectivity index (χ3v) is 2.86. The van der Waals surface area contributed by atoms with Gasteiger partial charge in [0.2, 0.25) is 5.91 Å². The second-order valence-electron chi connectivity index (χ2n) is 4.21. The summed E-state index contributed by atoms with van der Waals surface area (Å²) in [5.74, 6) is -0.419. The lowest BCUT2D eigenvalue weighted by Gasteiger charge is -2.24. The summed E-state index contributed by atoms with van der Waals surface area (Å²) in [6.45, 7) is 3.75. The summed E-state index contributed by atoms with van der Waals surface area (Å²) in [4.78, 5) is 25.2. The summed E-state index contributed by atoms with van der Waals surface area (Å²) in [7, 11) is 1.57. The van der Waals surface area contributed by atoms with Crippen LogP contribution in [0.25, 0.3) is 0 Å². The van der Waals surface area contributed by atoms with Crippen LogP contribution in [0.15, 0.2) is 0 Å². The average molecular weight is 258 g/mol. The summed E-state index contributed by atoms with van der Waals surface area (Å²) < 4.78 is 9.83. The summed E-state index contributed by atoms with van der Waals surface area (Å²) in [6.07, 6.45) is 1.82. The molecule has 1 atom stereocenters. The first-order valence-corrected chi connectivity index (χ1v) is 6.35. The number of carbonyl (C=O) groups is 2. The number of amides is 1. The molecule has 1 amide bonds. The van der Waals surface area contributed by atoms with Gasteiger partial charge in [-0.05, 0) is 26.3 Å². The first-order valence-electron chi connectivity index (χ1n) is 6.35. The Morgan fingerprint density at radius 2 is 2.22 bits per heavy atom. The van der Waals surface area contributed by atoms with Crippen LogP contribution in [0.4, 0.5) is 0 Å². The standard InChI is InChI=1S/C12H22N2O4/c1-3-18-11(15)9-14(7-8-17-2)12(16)10-5-4-6-13-10/h10,13H,3-9H2,1-2H3. The molecular formula is C12H22N2O4. The summed E-state index contributed by atoms with van der Waals surface area (Å²) >= 11 is 0. The van der Waals surface area contributed by atoms with E-state index in [2.05, 4.69) is 5.32 Å². The first-order chi connectivity index (χ1) is 8.69. The van der Waals surface area contributed by atoms with Crippen LogP contribution in [0.2, 0.25) is 0 Å². The van der Waals surface area contributed by atoms with Crippen molar-refractivity contribution in [2.24, 2.45) is 0 Å². The minimum atomic E-state index is -0.375. The molecule has 0 aromatic carbocycles. The van der Waals surface area contributed by atoms with Crippen LogP contribution in [0.5, 0.6) is 0 Å². The van der Waals surface area contributed by atoms with E-state index in [-0.39, 0.29) is 24.5 Å². The van der Waals surface area contributed by atoms with Crippen LogP contribution in [0, 0.1) is 0 Å². The van der Waals surface area contributed by atoms with Gasteiger partial charge in [0.25, 0.3) is 0 Å². The van der Waals surface area contributed by atoms with E-state index in [9.17, 15) is 9.59 Å². The fraction of sp³-hybridized carbons (Fsp3) is 0.833. The zero-order valence-electron chi connectivity index (χ0n) is 11.1. The van der Waals surface area contributed by atoms with Gasteiger partial charge in [0, 0.05) is 13.7 Å². The third-order valence-electron chi connectivity index (χ3n) is 2.86. The van der Waals surface area contributed by atoms with E-state index < -0.39 is 0 Å². The van der Waals surface area contributed by atoms with E-state index >= 15 is 0 Å². The Labute approximate surface area is 108 Å². The van der Waals surface area contributed by atoms with E-state index in [1.807, 2.05) is 0 Å². The second-order valence-corrected chi connectivity index (χ2v) is 4.21. The SMILES string of the molecule is CCOC(=O)CN(CCOC)C(=O)C1CCCN1. The molecule has 1 fully saturated rings. The van der Waals surface area contributed by atoms with Crippen molar-refractivity contribution in [3.05, 3.63) is 0 Å². The Morgan fingerprint density at radius 3 is 2.78 bits per heavy atom. The van der Waals surface area contributed by atoms with Crippen LogP contribution >= 0.6 is 0 Å². The van der Waals surface area contributed by atoms with Crippen molar-refractivity contribution < 1.29 is 19.1 Å². The number of ether oxygens (including phenoxy) is 2. The van der Waals surface area contributed by atoms with Crippen LogP contribution in [-0.2, 0) is 19.1 Å². The fourth-order valence-electron chi connectivity index (χ4n) is 1.95. The summed E-state index contributed by atoms with van der Waals surface area (Å²) in [5.41, 5.74) is 0. The molecule has 0 radical (unpaired) electrons. The molecular weight excluding hydrogens is 236 g/mol. The van der Waals surface area contributed by atoms with Gasteiger partial charge in [0.15, 0.2) is 0 Å². The molecule has 0 spiro atoms. The van der Waals surface area contributed by atoms with E-state index in [0.29, 0.717) is 19.8 Å². The number of carbonyl (C=O) groups excluding carboxylic acids is 2. The number of rotatable bonds is 7. The van der Waals surface area contributed by atoms with Crippen molar-refractivity contribution in [1.29, 1.82) is 0 Å². The Bertz CT molecular complexity index is 277. The Morgan fingerprint density at radius 1 is 1.44 bits per heavy atom. The van der Waals surface area contributed by atoms with Gasteiger partial charge in [0.1, 0.15) is 6.54 Å². The van der Waals surface area contributed by atoms with Gasteiger partial charge in [-0.25, -0.2) is 0 Å². The van der Waals surface area contributed by atoms with E-state index in [0.717, 1.165) is 19.4 Å². The van der Waals surface area contributed by atoms with Crippen LogP contribution in [0.1, 0.15) is 19.8 Å². The molecule has 1 aliphatic rings. The molecule has 1 unspecified atom stereocenters. The average Bonchev–Trinajstić information content (AvgIpc) is 2.87. The molecule has 1 saturated heterocycles. The Kier molecular flexibility index (Phi) is 6.67. The van der Waals surface area contributed by atoms with Crippen LogP contribution in [0.3, 0.4) is 0 Å². The summed E-state index contributed by atoms with van der Waals surface area (Å²) in [6, 6.07) is -0.170. The van der Waals surface area contributed by atoms with Crippen LogP contribution in [-0.4, -0.2) is 62.8 Å². The monoisotopic (exact) mass is 258 g/mol. The smallest absolute Gasteiger partial charge is 0.325 e. The lowest BCUT2D eigenvalue weighted by molar-refractivity contribution is -0.149. The molecule has 6 nitrogen and oxygen atoms in total. The quantitative estimate of drug-likeness (QED) is 0.639. The van der Waals surface area contributed by atoms with Crippen molar-refractivity contribution in [2.45, 2.75) is 25.8 Å². The van der Waals surface area contributed by atoms with Gasteiger partial charge in [-0.1, -0.05) is 0 Å². The topological polar surface area (TPSA) is 67.9 Å². The van der Waals surface area contributed by atoms with Gasteiger partial charge in [-0.15, -0.1) is 0 Å². The van der Waals surface area contributed by atoms with Crippen LogP contribution < -0.4 is 5.32 Å². The highest BCUT2D eigenvalue weighted by Gasteiger charge is 2.28. The van der Waals surface area contributed by atoms with Gasteiger partial charge < -0.3 is 19.7 Å². The number of nitrogens with one attached hydrogen (secondary N) is 1. The van der Waals surface area contributed by atoms with E-state index in [4.69, 9.17) is 9.47 Å². The zero-order valence-corrected chi connectivity index (χ0v) is 11.1. The number of hydrogen-bond donors (Lipinski definition) is 1. The Balaban J connectivity index is 2.52. The molecule has 0 aliphatic carbocycles. The van der Waals surface area contributed by atoms with Crippen molar-refractivity contribution in [1.82, 2.24) is 10.2 Å². The fourth-order valence-corrected chi connectivity index (χ4v) is 1.95. The maximum absolute atomic E-state index is 12.2. The second kappa shape index (κ2) is 8.05. The van der Waals surface area contributed by atoms with E-state index in [1.165, 1.54) is 4.90 Å². The molecule has 0 aromatic heterocycles. The van der Waals surface area contributed by atoms with Crippen molar-refractivity contribution in [3.63, 3.8) is 0 Å². The number of methoxy groups -OCH3 is 1. The maximum Gasteiger partial charge on any atom is 0.325 e. The number of hydrogen-bond acceptors (Lipinski definition) is 5. The first kappa shape index (κ1) is 14.9. The molecule has 0 bridgehead atoms. The normalized spacial score (nSPS) is 18.7. The lowest BCUT2D eigenvalue weighted by Crippen LogP contribution is -2.47. The molecule has 0 aromatic rings. The van der Waals surface area contributed by atoms with Gasteiger partial charge >= 0.3 is 5.97 Å². The van der Waals surface area contributed by atoms with Crippen molar-refractivity contribution >= 4 is 11.9 Å². The molecule has 104 valence electrons. The largest absolute Gasteiger partial charge is 0.465 e. The van der Waals surface area contributed by atoms with E-state index in [1.54, 1.807) is 14.0 Å². The van der Waals surface area contributed by atoms with Crippen molar-refractivity contribution in [2.75, 3.05) is 40.0 Å². The molecule has 1 heterocycles. The lowest BCUT2D eigenvalue weighted by atomic mass is 10.2. The van der Waals surface area contributed by atoms with Gasteiger partial charge in [0.05, 0.1) is 19.3 Å². The molecule has 0 saturated carbocycles. The highest BCUT2D eigenvalue weighted by atomic mass is 16.5. The van der Waals surface area contributed by atoms with Gasteiger partial charge in [-0.2, -0.15) is 0 Å². The zero-order chi connectivity index (χ0) is 13.4. The molecule has 6 heteroatoms. The summed E-state index contributed by atoms with van der Waals surface area (Å²) in [5, 5.41) is 3.13. The predicted molar refractivity (Wildman–Crippen MR) is 66.1 cm³/mol. The Hall–Kier alpha value is -1.14. The highest BCUT2D eigenvalue weighted by molar-refractivity contribution is 5.86. The highest BCUT2D eigenvalue weighted by Crippen LogP contribution is 2.08. The molecule has 1 rings (SSSR count). The van der Waals surface area contributed by atoms with Crippen molar-refractivity contribution in [3.8, 4) is 0 Å². The maximum atomic E-state index is 12.2. The third kappa shape index (κ3) is 4.62. The molecule has 1 aliphatic heterocycles. The van der Waals surface area contributed by atoms with Gasteiger partial charge in [-0.3, -0.25) is 9.59 Å². The molecule has 1 N–H and O–H groups in total. The predicted octanol–water partition coefficient (Wildman–Crippen LogP) is -0.223. The molecule has 18 heavy (non-hydrogen) atoms. The number of nitrogens with zero attached hydrogens (tertiary/aromatic N) is 1. The minimum Gasteiger partial charge on any atom is -0.465 e.